The zero-order valence-electron chi connectivity index (χ0n) is 12.4. The lowest BCUT2D eigenvalue weighted by atomic mass is 9.52. The lowest BCUT2D eigenvalue weighted by Gasteiger charge is -2.52. The first kappa shape index (κ1) is 14.5. The highest BCUT2D eigenvalue weighted by molar-refractivity contribution is 5.82. The van der Waals surface area contributed by atoms with Gasteiger partial charge in [0.15, 0.2) is 0 Å². The smallest absolute Gasteiger partial charge is 0.305 e. The fourth-order valence-electron chi connectivity index (χ4n) is 4.19. The molecule has 0 amide bonds. The highest BCUT2D eigenvalue weighted by Crippen LogP contribution is 2.53. The minimum atomic E-state index is -0.130. The molecule has 0 aliphatic heterocycles. The summed E-state index contributed by atoms with van der Waals surface area (Å²) in [5.41, 5.74) is 0. The number of methoxy groups -OCH3 is 1. The van der Waals surface area contributed by atoms with Crippen molar-refractivity contribution in [2.45, 2.75) is 52.4 Å². The number of Topliss-reactive ketones (excluding diaryl/α,β-unsaturated/α-hetero) is 1. The van der Waals surface area contributed by atoms with E-state index < -0.39 is 0 Å². The molecule has 2 fully saturated rings. The summed E-state index contributed by atoms with van der Waals surface area (Å²) in [5.74, 6) is 2.34. The SMILES string of the molecule is COC(=O)CC1C(C)C(C)C1C1CCCCCC1=O. The number of hydrogen-bond acceptors (Lipinski definition) is 3. The lowest BCUT2D eigenvalue weighted by molar-refractivity contribution is -0.150. The predicted octanol–water partition coefficient (Wildman–Crippen LogP) is 3.22. The third kappa shape index (κ3) is 2.85. The van der Waals surface area contributed by atoms with Crippen molar-refractivity contribution < 1.29 is 14.3 Å². The van der Waals surface area contributed by atoms with Crippen molar-refractivity contribution in [3.63, 3.8) is 0 Å². The summed E-state index contributed by atoms with van der Waals surface area (Å²) in [4.78, 5) is 23.8. The average molecular weight is 266 g/mol. The van der Waals surface area contributed by atoms with Gasteiger partial charge in [-0.1, -0.05) is 26.7 Å². The number of rotatable bonds is 3. The van der Waals surface area contributed by atoms with Crippen LogP contribution in [0.25, 0.3) is 0 Å². The van der Waals surface area contributed by atoms with Gasteiger partial charge in [-0.05, 0) is 36.5 Å². The third-order valence-electron chi connectivity index (χ3n) is 5.55. The Labute approximate surface area is 116 Å². The molecule has 108 valence electrons. The standard InChI is InChI=1S/C16H26O3/c1-10-11(2)16(13(10)9-15(18)19-3)12-7-5-4-6-8-14(12)17/h10-13,16H,4-9H2,1-3H3. The first-order valence-electron chi connectivity index (χ1n) is 7.65. The van der Waals surface area contributed by atoms with Crippen LogP contribution in [0.15, 0.2) is 0 Å². The maximum atomic E-state index is 12.3. The Hall–Kier alpha value is -0.860. The highest BCUT2D eigenvalue weighted by atomic mass is 16.5. The van der Waals surface area contributed by atoms with Crippen LogP contribution in [-0.2, 0) is 14.3 Å². The summed E-state index contributed by atoms with van der Waals surface area (Å²) in [6.07, 6.45) is 5.65. The molecule has 0 aromatic heterocycles. The number of carbonyl (C=O) groups is 2. The predicted molar refractivity (Wildman–Crippen MR) is 73.5 cm³/mol. The number of esters is 1. The van der Waals surface area contributed by atoms with Crippen molar-refractivity contribution in [2.75, 3.05) is 7.11 Å². The van der Waals surface area contributed by atoms with Crippen molar-refractivity contribution in [2.24, 2.45) is 29.6 Å². The Balaban J connectivity index is 2.07. The second-order valence-electron chi connectivity index (χ2n) is 6.41. The number of ketones is 1. The number of hydrogen-bond donors (Lipinski definition) is 0. The van der Waals surface area contributed by atoms with Gasteiger partial charge in [-0.2, -0.15) is 0 Å². The zero-order valence-corrected chi connectivity index (χ0v) is 12.4. The molecule has 3 heteroatoms. The molecule has 3 nitrogen and oxygen atoms in total. The Morgan fingerprint density at radius 3 is 2.63 bits per heavy atom. The van der Waals surface area contributed by atoms with Crippen LogP contribution in [-0.4, -0.2) is 18.9 Å². The van der Waals surface area contributed by atoms with Gasteiger partial charge in [0, 0.05) is 18.8 Å². The Morgan fingerprint density at radius 2 is 1.95 bits per heavy atom. The van der Waals surface area contributed by atoms with Crippen LogP contribution in [0.4, 0.5) is 0 Å². The summed E-state index contributed by atoms with van der Waals surface area (Å²) in [6.45, 7) is 4.44. The van der Waals surface area contributed by atoms with Gasteiger partial charge in [0.1, 0.15) is 5.78 Å². The van der Waals surface area contributed by atoms with Gasteiger partial charge in [-0.3, -0.25) is 9.59 Å². The molecular weight excluding hydrogens is 240 g/mol. The molecule has 2 saturated carbocycles. The molecule has 19 heavy (non-hydrogen) atoms. The summed E-state index contributed by atoms with van der Waals surface area (Å²) < 4.78 is 4.80. The maximum Gasteiger partial charge on any atom is 0.305 e. The van der Waals surface area contributed by atoms with Crippen molar-refractivity contribution in [1.82, 2.24) is 0 Å². The second-order valence-corrected chi connectivity index (χ2v) is 6.41. The molecule has 0 heterocycles. The van der Waals surface area contributed by atoms with Crippen LogP contribution in [0.5, 0.6) is 0 Å². The van der Waals surface area contributed by atoms with Gasteiger partial charge in [0.25, 0.3) is 0 Å². The van der Waals surface area contributed by atoms with Crippen molar-refractivity contribution in [3.05, 3.63) is 0 Å². The average Bonchev–Trinajstić information content (AvgIpc) is 2.62. The van der Waals surface area contributed by atoms with Crippen LogP contribution < -0.4 is 0 Å². The van der Waals surface area contributed by atoms with E-state index in [0.717, 1.165) is 19.3 Å². The lowest BCUT2D eigenvalue weighted by Crippen LogP contribution is -2.50. The van der Waals surface area contributed by atoms with Crippen LogP contribution >= 0.6 is 0 Å². The fourth-order valence-corrected chi connectivity index (χ4v) is 4.19. The van der Waals surface area contributed by atoms with Crippen LogP contribution in [0.2, 0.25) is 0 Å². The molecule has 2 aliphatic carbocycles. The second kappa shape index (κ2) is 6.06. The quantitative estimate of drug-likeness (QED) is 0.582. The Bertz CT molecular complexity index is 350. The van der Waals surface area contributed by atoms with E-state index in [-0.39, 0.29) is 11.9 Å². The zero-order chi connectivity index (χ0) is 14.0. The maximum absolute atomic E-state index is 12.3. The van der Waals surface area contributed by atoms with Crippen LogP contribution in [0.1, 0.15) is 52.4 Å². The van der Waals surface area contributed by atoms with Gasteiger partial charge < -0.3 is 4.74 Å². The monoisotopic (exact) mass is 266 g/mol. The van der Waals surface area contributed by atoms with E-state index in [9.17, 15) is 9.59 Å². The van der Waals surface area contributed by atoms with Crippen molar-refractivity contribution in [1.29, 1.82) is 0 Å². The van der Waals surface area contributed by atoms with Crippen molar-refractivity contribution in [3.8, 4) is 0 Å². The van der Waals surface area contributed by atoms with Crippen LogP contribution in [0.3, 0.4) is 0 Å². The molecule has 0 aromatic carbocycles. The molecule has 0 spiro atoms. The molecule has 0 bridgehead atoms. The molecule has 5 unspecified atom stereocenters. The van der Waals surface area contributed by atoms with Crippen molar-refractivity contribution >= 4 is 11.8 Å². The molecule has 0 aromatic rings. The Morgan fingerprint density at radius 1 is 1.21 bits per heavy atom. The van der Waals surface area contributed by atoms with Gasteiger partial charge in [-0.25, -0.2) is 0 Å². The molecule has 0 N–H and O–H groups in total. The molecular formula is C16H26O3. The van der Waals surface area contributed by atoms with E-state index in [1.807, 2.05) is 0 Å². The first-order chi connectivity index (χ1) is 9.06. The Kier molecular flexibility index (Phi) is 4.64. The highest BCUT2D eigenvalue weighted by Gasteiger charge is 2.50. The third-order valence-corrected chi connectivity index (χ3v) is 5.55. The molecule has 2 aliphatic rings. The largest absolute Gasteiger partial charge is 0.469 e. The molecule has 5 atom stereocenters. The summed E-state index contributed by atoms with van der Waals surface area (Å²) in [5, 5.41) is 0. The topological polar surface area (TPSA) is 43.4 Å². The van der Waals surface area contributed by atoms with E-state index >= 15 is 0 Å². The van der Waals surface area contributed by atoms with Gasteiger partial charge in [0.2, 0.25) is 0 Å². The minimum absolute atomic E-state index is 0.130. The van der Waals surface area contributed by atoms with Gasteiger partial charge >= 0.3 is 5.97 Å². The van der Waals surface area contributed by atoms with Gasteiger partial charge in [0.05, 0.1) is 7.11 Å². The number of carbonyl (C=O) groups excluding carboxylic acids is 2. The van der Waals surface area contributed by atoms with Crippen LogP contribution in [0, 0.1) is 29.6 Å². The summed E-state index contributed by atoms with van der Waals surface area (Å²) in [6, 6.07) is 0. The molecule has 2 rings (SSSR count). The van der Waals surface area contributed by atoms with E-state index in [2.05, 4.69) is 13.8 Å². The van der Waals surface area contributed by atoms with E-state index in [1.54, 1.807) is 0 Å². The summed E-state index contributed by atoms with van der Waals surface area (Å²) >= 11 is 0. The van der Waals surface area contributed by atoms with E-state index in [0.29, 0.717) is 35.9 Å². The van der Waals surface area contributed by atoms with E-state index in [4.69, 9.17) is 4.74 Å². The minimum Gasteiger partial charge on any atom is -0.469 e. The fraction of sp³-hybridized carbons (Fsp3) is 0.875. The summed E-state index contributed by atoms with van der Waals surface area (Å²) in [7, 11) is 1.45. The number of ether oxygens (including phenoxy) is 1. The normalized spacial score (nSPS) is 39.3. The molecule has 0 saturated heterocycles. The van der Waals surface area contributed by atoms with E-state index in [1.165, 1.54) is 20.0 Å². The molecule has 0 radical (unpaired) electrons. The van der Waals surface area contributed by atoms with Gasteiger partial charge in [-0.15, -0.1) is 0 Å². The first-order valence-corrected chi connectivity index (χ1v) is 7.65.